The van der Waals surface area contributed by atoms with Crippen LogP contribution in [0.5, 0.6) is 0 Å². The molecule has 0 bridgehead atoms. The van der Waals surface area contributed by atoms with Gasteiger partial charge in [-0.2, -0.15) is 0 Å². The molecule has 1 aromatic heterocycles. The van der Waals surface area contributed by atoms with Gasteiger partial charge in [-0.05, 0) is 6.07 Å². The van der Waals surface area contributed by atoms with Crippen LogP contribution in [0.1, 0.15) is 10.9 Å². The van der Waals surface area contributed by atoms with Crippen LogP contribution < -0.4 is 11.2 Å². The second kappa shape index (κ2) is 5.95. The van der Waals surface area contributed by atoms with E-state index in [2.05, 4.69) is 10.4 Å². The van der Waals surface area contributed by atoms with Crippen molar-refractivity contribution in [2.75, 3.05) is 32.8 Å². The minimum atomic E-state index is 0.149. The van der Waals surface area contributed by atoms with E-state index in [1.54, 1.807) is 11.3 Å². The molecule has 3 N–H and O–H groups in total. The van der Waals surface area contributed by atoms with Crippen LogP contribution in [0.3, 0.4) is 0 Å². The number of nitrogens with zero attached hydrogens (tertiary/aromatic N) is 1. The van der Waals surface area contributed by atoms with Crippen molar-refractivity contribution in [2.24, 2.45) is 5.73 Å². The van der Waals surface area contributed by atoms with E-state index >= 15 is 0 Å². The van der Waals surface area contributed by atoms with E-state index in [0.717, 1.165) is 31.3 Å². The number of morpholine rings is 1. The number of ether oxygens (including phenoxy) is 1. The third-order valence-corrected chi connectivity index (χ3v) is 3.91. The highest BCUT2D eigenvalue weighted by Crippen LogP contribution is 2.25. The normalized spacial score (nSPS) is 19.9. The van der Waals surface area contributed by atoms with Gasteiger partial charge < -0.3 is 10.5 Å². The molecule has 1 fully saturated rings. The molecule has 1 aliphatic rings. The number of hydrazine groups is 1. The summed E-state index contributed by atoms with van der Waals surface area (Å²) in [4.78, 5) is 1.18. The Balaban J connectivity index is 1.94. The van der Waals surface area contributed by atoms with Crippen molar-refractivity contribution in [3.05, 3.63) is 21.3 Å². The van der Waals surface area contributed by atoms with Crippen molar-refractivity contribution in [2.45, 2.75) is 6.04 Å². The van der Waals surface area contributed by atoms with Gasteiger partial charge in [0.2, 0.25) is 0 Å². The van der Waals surface area contributed by atoms with E-state index in [9.17, 15) is 0 Å². The molecule has 2 heterocycles. The van der Waals surface area contributed by atoms with Crippen LogP contribution in [0.15, 0.2) is 11.4 Å². The van der Waals surface area contributed by atoms with E-state index in [-0.39, 0.29) is 6.04 Å². The lowest BCUT2D eigenvalue weighted by atomic mass is 10.2. The molecule has 1 saturated heterocycles. The Bertz CT molecular complexity index is 328. The fourth-order valence-electron chi connectivity index (χ4n) is 1.66. The monoisotopic (exact) mass is 261 g/mol. The summed E-state index contributed by atoms with van der Waals surface area (Å²) in [6.07, 6.45) is 0. The lowest BCUT2D eigenvalue weighted by Gasteiger charge is -2.30. The molecule has 0 aromatic carbocycles. The van der Waals surface area contributed by atoms with Gasteiger partial charge in [-0.1, -0.05) is 11.6 Å². The second-order valence-corrected chi connectivity index (χ2v) is 5.06. The number of hydrogen-bond donors (Lipinski definition) is 2. The fourth-order valence-corrected chi connectivity index (χ4v) is 2.80. The quantitative estimate of drug-likeness (QED) is 0.856. The van der Waals surface area contributed by atoms with Crippen LogP contribution >= 0.6 is 22.9 Å². The predicted octanol–water partition coefficient (Wildman–Crippen LogP) is 1.24. The Morgan fingerprint density at radius 3 is 2.88 bits per heavy atom. The SMILES string of the molecule is NCC(NN1CCOCC1)c1cc(Cl)cs1. The summed E-state index contributed by atoms with van der Waals surface area (Å²) in [7, 11) is 0. The van der Waals surface area contributed by atoms with E-state index in [1.165, 1.54) is 4.88 Å². The second-order valence-electron chi connectivity index (χ2n) is 3.68. The summed E-state index contributed by atoms with van der Waals surface area (Å²) in [5, 5.41) is 4.87. The van der Waals surface area contributed by atoms with Crippen LogP contribution in [0.25, 0.3) is 0 Å². The molecule has 1 unspecified atom stereocenters. The van der Waals surface area contributed by atoms with Crippen molar-refractivity contribution in [1.29, 1.82) is 0 Å². The molecule has 1 aliphatic heterocycles. The molecular weight excluding hydrogens is 246 g/mol. The van der Waals surface area contributed by atoms with Crippen molar-refractivity contribution < 1.29 is 4.74 Å². The summed E-state index contributed by atoms with van der Waals surface area (Å²) in [6, 6.07) is 2.12. The highest BCUT2D eigenvalue weighted by molar-refractivity contribution is 7.10. The van der Waals surface area contributed by atoms with Crippen molar-refractivity contribution >= 4 is 22.9 Å². The molecule has 16 heavy (non-hydrogen) atoms. The van der Waals surface area contributed by atoms with E-state index in [4.69, 9.17) is 22.1 Å². The summed E-state index contributed by atoms with van der Waals surface area (Å²) in [5.41, 5.74) is 9.19. The zero-order valence-electron chi connectivity index (χ0n) is 8.99. The smallest absolute Gasteiger partial charge is 0.0680 e. The highest BCUT2D eigenvalue weighted by Gasteiger charge is 2.17. The Labute approximate surface area is 104 Å². The van der Waals surface area contributed by atoms with Crippen molar-refractivity contribution in [1.82, 2.24) is 10.4 Å². The molecule has 0 aliphatic carbocycles. The molecule has 4 nitrogen and oxygen atoms in total. The van der Waals surface area contributed by atoms with Crippen LogP contribution in [0.2, 0.25) is 5.02 Å². The molecule has 0 spiro atoms. The number of hydrogen-bond acceptors (Lipinski definition) is 5. The lowest BCUT2D eigenvalue weighted by molar-refractivity contribution is 0.00433. The van der Waals surface area contributed by atoms with Gasteiger partial charge in [-0.15, -0.1) is 11.3 Å². The van der Waals surface area contributed by atoms with Crippen LogP contribution in [-0.4, -0.2) is 37.9 Å². The average molecular weight is 262 g/mol. The Hall–Kier alpha value is -0.170. The zero-order chi connectivity index (χ0) is 11.4. The Kier molecular flexibility index (Phi) is 4.57. The maximum Gasteiger partial charge on any atom is 0.0680 e. The summed E-state index contributed by atoms with van der Waals surface area (Å²) in [5.74, 6) is 0. The molecule has 6 heteroatoms. The van der Waals surface area contributed by atoms with Crippen molar-refractivity contribution in [3.8, 4) is 0 Å². The number of rotatable bonds is 4. The maximum absolute atomic E-state index is 5.91. The minimum absolute atomic E-state index is 0.149. The summed E-state index contributed by atoms with van der Waals surface area (Å²) < 4.78 is 5.29. The van der Waals surface area contributed by atoms with Crippen LogP contribution in [-0.2, 0) is 4.74 Å². The van der Waals surface area contributed by atoms with E-state index in [0.29, 0.717) is 6.54 Å². The molecule has 0 saturated carbocycles. The van der Waals surface area contributed by atoms with Gasteiger partial charge in [-0.25, -0.2) is 10.4 Å². The molecule has 2 rings (SSSR count). The third kappa shape index (κ3) is 3.16. The van der Waals surface area contributed by atoms with E-state index in [1.807, 2.05) is 11.4 Å². The van der Waals surface area contributed by atoms with Gasteiger partial charge in [-0.3, -0.25) is 0 Å². The molecule has 0 amide bonds. The number of halogens is 1. The van der Waals surface area contributed by atoms with Crippen molar-refractivity contribution in [3.63, 3.8) is 0 Å². The predicted molar refractivity (Wildman–Crippen MR) is 66.7 cm³/mol. The van der Waals surface area contributed by atoms with E-state index < -0.39 is 0 Å². The number of nitrogens with one attached hydrogen (secondary N) is 1. The third-order valence-electron chi connectivity index (χ3n) is 2.52. The van der Waals surface area contributed by atoms with Gasteiger partial charge in [0.25, 0.3) is 0 Å². The molecule has 90 valence electrons. The topological polar surface area (TPSA) is 50.5 Å². The first-order valence-corrected chi connectivity index (χ1v) is 6.58. The number of thiophene rings is 1. The molecular formula is C10H16ClN3OS. The first-order chi connectivity index (χ1) is 7.79. The fraction of sp³-hybridized carbons (Fsp3) is 0.600. The summed E-state index contributed by atoms with van der Waals surface area (Å²) in [6.45, 7) is 3.91. The summed E-state index contributed by atoms with van der Waals surface area (Å²) >= 11 is 7.55. The first-order valence-electron chi connectivity index (χ1n) is 5.32. The lowest BCUT2D eigenvalue weighted by Crippen LogP contribution is -2.48. The first kappa shape index (κ1) is 12.3. The molecule has 0 radical (unpaired) electrons. The average Bonchev–Trinajstić information content (AvgIpc) is 2.74. The Morgan fingerprint density at radius 1 is 1.56 bits per heavy atom. The molecule has 1 atom stereocenters. The Morgan fingerprint density at radius 2 is 2.31 bits per heavy atom. The van der Waals surface area contributed by atoms with Crippen LogP contribution in [0.4, 0.5) is 0 Å². The number of nitrogens with two attached hydrogens (primary N) is 1. The zero-order valence-corrected chi connectivity index (χ0v) is 10.6. The standard InChI is InChI=1S/C10H16ClN3OS/c11-8-5-10(16-7-8)9(6-12)13-14-1-3-15-4-2-14/h5,7,9,13H,1-4,6,12H2. The minimum Gasteiger partial charge on any atom is -0.379 e. The largest absolute Gasteiger partial charge is 0.379 e. The highest BCUT2D eigenvalue weighted by atomic mass is 35.5. The van der Waals surface area contributed by atoms with Gasteiger partial charge in [0.15, 0.2) is 0 Å². The van der Waals surface area contributed by atoms with Gasteiger partial charge in [0, 0.05) is 29.9 Å². The van der Waals surface area contributed by atoms with Gasteiger partial charge in [0.1, 0.15) is 0 Å². The molecule has 1 aromatic rings. The van der Waals surface area contributed by atoms with Crippen LogP contribution in [0, 0.1) is 0 Å². The van der Waals surface area contributed by atoms with Gasteiger partial charge in [0.05, 0.1) is 24.3 Å². The maximum atomic E-state index is 5.91. The van der Waals surface area contributed by atoms with Gasteiger partial charge >= 0.3 is 0 Å².